The lowest BCUT2D eigenvalue weighted by atomic mass is 10.3. The van der Waals surface area contributed by atoms with E-state index in [0.29, 0.717) is 32.8 Å². The number of thiazole rings is 1. The molecule has 0 atom stereocenters. The summed E-state index contributed by atoms with van der Waals surface area (Å²) >= 11 is 4.39. The first-order valence-electron chi connectivity index (χ1n) is 6.71. The quantitative estimate of drug-likeness (QED) is 0.674. The highest BCUT2D eigenvalue weighted by Gasteiger charge is 2.14. The molecule has 0 spiro atoms. The van der Waals surface area contributed by atoms with Gasteiger partial charge in [0.15, 0.2) is 15.2 Å². The van der Waals surface area contributed by atoms with Crippen LogP contribution in [0.5, 0.6) is 0 Å². The molecule has 0 unspecified atom stereocenters. The van der Waals surface area contributed by atoms with E-state index in [4.69, 9.17) is 9.15 Å². The lowest BCUT2D eigenvalue weighted by molar-refractivity contribution is 0.0969. The molecule has 23 heavy (non-hydrogen) atoms. The first kappa shape index (κ1) is 16.1. The van der Waals surface area contributed by atoms with Crippen LogP contribution in [0, 0.1) is 5.82 Å². The Kier molecular flexibility index (Phi) is 4.74. The van der Waals surface area contributed by atoms with Crippen molar-refractivity contribution in [3.8, 4) is 0 Å². The summed E-state index contributed by atoms with van der Waals surface area (Å²) in [4.78, 5) is 16.7. The molecule has 2 aromatic heterocycles. The standard InChI is InChI=1S/C15H12BrFN2O3S/c1-21-8-7-19-13-9(17)3-2-4-11(13)23-15(19)18-14(20)10-5-6-12(16)22-10/h2-6H,7-8H2,1H3. The van der Waals surface area contributed by atoms with Crippen LogP contribution in [0.4, 0.5) is 4.39 Å². The molecule has 0 aliphatic carbocycles. The van der Waals surface area contributed by atoms with Gasteiger partial charge in [-0.15, -0.1) is 0 Å². The van der Waals surface area contributed by atoms with Crippen molar-refractivity contribution in [3.05, 3.63) is 51.4 Å². The Morgan fingerprint density at radius 3 is 2.96 bits per heavy atom. The molecule has 2 heterocycles. The number of hydrogen-bond acceptors (Lipinski definition) is 4. The second kappa shape index (κ2) is 6.77. The second-order valence-corrected chi connectivity index (χ2v) is 6.43. The van der Waals surface area contributed by atoms with Crippen LogP contribution >= 0.6 is 27.3 Å². The third-order valence-corrected chi connectivity index (χ3v) is 4.62. The molecule has 3 rings (SSSR count). The van der Waals surface area contributed by atoms with Gasteiger partial charge in [-0.25, -0.2) is 4.39 Å². The third-order valence-electron chi connectivity index (χ3n) is 3.15. The van der Waals surface area contributed by atoms with Crippen LogP contribution in [0.25, 0.3) is 10.2 Å². The van der Waals surface area contributed by atoms with E-state index in [0.717, 1.165) is 0 Å². The van der Waals surface area contributed by atoms with Crippen molar-refractivity contribution < 1.29 is 18.3 Å². The first-order valence-corrected chi connectivity index (χ1v) is 8.32. The topological polar surface area (TPSA) is 56.7 Å². The fourth-order valence-corrected chi connectivity index (χ4v) is 3.51. The summed E-state index contributed by atoms with van der Waals surface area (Å²) in [5.41, 5.74) is 0.418. The van der Waals surface area contributed by atoms with E-state index in [1.807, 2.05) is 0 Å². The molecule has 0 radical (unpaired) electrons. The number of fused-ring (bicyclic) bond motifs is 1. The molecule has 1 amide bonds. The number of benzene rings is 1. The molecule has 0 bridgehead atoms. The predicted octanol–water partition coefficient (Wildman–Crippen LogP) is 3.58. The Balaban J connectivity index is 2.14. The molecule has 0 aliphatic rings. The highest BCUT2D eigenvalue weighted by Crippen LogP contribution is 2.21. The maximum absolute atomic E-state index is 14.1. The van der Waals surface area contributed by atoms with Crippen LogP contribution in [-0.2, 0) is 11.3 Å². The maximum atomic E-state index is 14.1. The van der Waals surface area contributed by atoms with Gasteiger partial charge in [0.25, 0.3) is 0 Å². The third kappa shape index (κ3) is 3.29. The summed E-state index contributed by atoms with van der Waals surface area (Å²) < 4.78 is 27.2. The van der Waals surface area contributed by atoms with E-state index in [2.05, 4.69) is 20.9 Å². The van der Waals surface area contributed by atoms with Gasteiger partial charge in [-0.05, 0) is 40.2 Å². The van der Waals surface area contributed by atoms with E-state index in [-0.39, 0.29) is 11.6 Å². The number of hydrogen-bond donors (Lipinski definition) is 0. The summed E-state index contributed by atoms with van der Waals surface area (Å²) in [5.74, 6) is -0.758. The van der Waals surface area contributed by atoms with Gasteiger partial charge in [-0.2, -0.15) is 4.99 Å². The number of carbonyl (C=O) groups is 1. The molecule has 0 fully saturated rings. The van der Waals surface area contributed by atoms with Crippen molar-refractivity contribution in [2.24, 2.45) is 4.99 Å². The molecule has 0 N–H and O–H groups in total. The van der Waals surface area contributed by atoms with E-state index in [1.54, 1.807) is 29.9 Å². The van der Waals surface area contributed by atoms with Gasteiger partial charge in [0.2, 0.25) is 0 Å². The van der Waals surface area contributed by atoms with Crippen molar-refractivity contribution >= 4 is 43.4 Å². The zero-order valence-electron chi connectivity index (χ0n) is 12.1. The Hall–Kier alpha value is -1.77. The van der Waals surface area contributed by atoms with E-state index < -0.39 is 5.91 Å². The van der Waals surface area contributed by atoms with Gasteiger partial charge in [-0.1, -0.05) is 17.4 Å². The minimum atomic E-state index is -0.520. The summed E-state index contributed by atoms with van der Waals surface area (Å²) in [6, 6.07) is 7.95. The number of carbonyl (C=O) groups excluding carboxylic acids is 1. The van der Waals surface area contributed by atoms with Crippen molar-refractivity contribution in [3.63, 3.8) is 0 Å². The van der Waals surface area contributed by atoms with Crippen LogP contribution in [-0.4, -0.2) is 24.2 Å². The first-order chi connectivity index (χ1) is 11.1. The van der Waals surface area contributed by atoms with Crippen LogP contribution < -0.4 is 4.80 Å². The number of halogens is 2. The number of amides is 1. The number of methoxy groups -OCH3 is 1. The number of aromatic nitrogens is 1. The molecule has 1 aromatic carbocycles. The molecule has 3 aromatic rings. The molecule has 120 valence electrons. The van der Waals surface area contributed by atoms with Gasteiger partial charge in [-0.3, -0.25) is 4.79 Å². The molecule has 8 heteroatoms. The van der Waals surface area contributed by atoms with Crippen molar-refractivity contribution in [1.29, 1.82) is 0 Å². The van der Waals surface area contributed by atoms with Crippen LogP contribution in [0.1, 0.15) is 10.6 Å². The normalized spacial score (nSPS) is 12.2. The highest BCUT2D eigenvalue weighted by atomic mass is 79.9. The van der Waals surface area contributed by atoms with Crippen LogP contribution in [0.3, 0.4) is 0 Å². The lowest BCUT2D eigenvalue weighted by Gasteiger charge is -2.04. The summed E-state index contributed by atoms with van der Waals surface area (Å²) in [7, 11) is 1.56. The summed E-state index contributed by atoms with van der Waals surface area (Å²) in [6.45, 7) is 0.777. The fraction of sp³-hybridized carbons (Fsp3) is 0.200. The summed E-state index contributed by atoms with van der Waals surface area (Å²) in [5, 5.41) is 0. The Morgan fingerprint density at radius 2 is 2.26 bits per heavy atom. The zero-order chi connectivity index (χ0) is 16.4. The van der Waals surface area contributed by atoms with Crippen molar-refractivity contribution in [2.45, 2.75) is 6.54 Å². The van der Waals surface area contributed by atoms with Crippen LogP contribution in [0.15, 0.2) is 44.4 Å². The van der Waals surface area contributed by atoms with E-state index >= 15 is 0 Å². The lowest BCUT2D eigenvalue weighted by Crippen LogP contribution is -2.19. The van der Waals surface area contributed by atoms with Crippen LogP contribution in [0.2, 0.25) is 0 Å². The number of furan rings is 1. The molecule has 0 aliphatic heterocycles. The van der Waals surface area contributed by atoms with Crippen molar-refractivity contribution in [2.75, 3.05) is 13.7 Å². The average molecular weight is 399 g/mol. The second-order valence-electron chi connectivity index (χ2n) is 4.64. The molecular weight excluding hydrogens is 387 g/mol. The highest BCUT2D eigenvalue weighted by molar-refractivity contribution is 9.10. The largest absolute Gasteiger partial charge is 0.444 e. The molecule has 0 saturated carbocycles. The Morgan fingerprint density at radius 1 is 1.43 bits per heavy atom. The minimum absolute atomic E-state index is 0.119. The van der Waals surface area contributed by atoms with Gasteiger partial charge in [0, 0.05) is 13.7 Å². The van der Waals surface area contributed by atoms with Gasteiger partial charge in [0.1, 0.15) is 5.82 Å². The van der Waals surface area contributed by atoms with Gasteiger partial charge < -0.3 is 13.7 Å². The monoisotopic (exact) mass is 398 g/mol. The van der Waals surface area contributed by atoms with Crippen molar-refractivity contribution in [1.82, 2.24) is 4.57 Å². The summed E-state index contributed by atoms with van der Waals surface area (Å²) in [6.07, 6.45) is 0. The number of para-hydroxylation sites is 1. The van der Waals surface area contributed by atoms with Gasteiger partial charge in [0.05, 0.1) is 16.8 Å². The zero-order valence-corrected chi connectivity index (χ0v) is 14.5. The van der Waals surface area contributed by atoms with E-state index in [1.165, 1.54) is 23.5 Å². The molecular formula is C15H12BrFN2O3S. The average Bonchev–Trinajstić information content (AvgIpc) is 3.10. The number of rotatable bonds is 4. The Labute approximate surface area is 143 Å². The smallest absolute Gasteiger partial charge is 0.315 e. The predicted molar refractivity (Wildman–Crippen MR) is 88.0 cm³/mol. The SMILES string of the molecule is COCCn1c(=NC(=O)c2ccc(Br)o2)sc2cccc(F)c21. The number of nitrogens with zero attached hydrogens (tertiary/aromatic N) is 2. The number of ether oxygens (including phenoxy) is 1. The maximum Gasteiger partial charge on any atom is 0.315 e. The molecule has 5 nitrogen and oxygen atoms in total. The minimum Gasteiger partial charge on any atom is -0.444 e. The van der Waals surface area contributed by atoms with Gasteiger partial charge >= 0.3 is 5.91 Å². The fourth-order valence-electron chi connectivity index (χ4n) is 2.13. The van der Waals surface area contributed by atoms with E-state index in [9.17, 15) is 9.18 Å². The molecule has 0 saturated heterocycles. The Bertz CT molecular complexity index is 928.